The van der Waals surface area contributed by atoms with Gasteiger partial charge in [0.2, 0.25) is 0 Å². The second kappa shape index (κ2) is 2.82. The molecular weight excluding hydrogens is 168 g/mol. The summed E-state index contributed by atoms with van der Waals surface area (Å²) >= 11 is 1.82. The van der Waals surface area contributed by atoms with Gasteiger partial charge in [0, 0.05) is 29.0 Å². The zero-order chi connectivity index (χ0) is 8.72. The van der Waals surface area contributed by atoms with E-state index in [9.17, 15) is 0 Å². The fourth-order valence-corrected chi connectivity index (χ4v) is 2.39. The summed E-state index contributed by atoms with van der Waals surface area (Å²) in [6.07, 6.45) is 3.15. The van der Waals surface area contributed by atoms with Crippen molar-refractivity contribution >= 4 is 11.3 Å². The minimum Gasteiger partial charge on any atom is -0.327 e. The van der Waals surface area contributed by atoms with E-state index in [1.165, 1.54) is 9.88 Å². The number of thiazole rings is 1. The molecule has 1 aliphatic rings. The first-order valence-corrected chi connectivity index (χ1v) is 5.21. The van der Waals surface area contributed by atoms with Crippen LogP contribution in [0.1, 0.15) is 42.0 Å². The quantitative estimate of drug-likeness (QED) is 0.760. The van der Waals surface area contributed by atoms with Crippen molar-refractivity contribution in [2.24, 2.45) is 5.73 Å². The number of hydrogen-bond donors (Lipinski definition) is 1. The Kier molecular flexibility index (Phi) is 1.93. The maximum Gasteiger partial charge on any atom is 0.0953 e. The molecule has 0 amide bonds. The first-order valence-electron chi connectivity index (χ1n) is 4.39. The molecule has 2 rings (SSSR count). The molecule has 0 spiro atoms. The normalized spacial score (nSPS) is 28.0. The lowest BCUT2D eigenvalue weighted by atomic mass is 10.2. The highest BCUT2D eigenvalue weighted by Gasteiger charge is 2.36. The molecule has 66 valence electrons. The molecule has 1 aromatic heterocycles. The molecule has 2 nitrogen and oxygen atoms in total. The third kappa shape index (κ3) is 1.39. The van der Waals surface area contributed by atoms with Gasteiger partial charge in [-0.3, -0.25) is 0 Å². The van der Waals surface area contributed by atoms with Crippen LogP contribution in [0.15, 0.2) is 6.20 Å². The van der Waals surface area contributed by atoms with Crippen LogP contribution in [0.2, 0.25) is 0 Å². The molecule has 2 unspecified atom stereocenters. The van der Waals surface area contributed by atoms with Gasteiger partial charge in [-0.2, -0.15) is 0 Å². The van der Waals surface area contributed by atoms with Gasteiger partial charge < -0.3 is 5.73 Å². The molecule has 1 aromatic rings. The van der Waals surface area contributed by atoms with Gasteiger partial charge in [-0.1, -0.05) is 13.8 Å². The van der Waals surface area contributed by atoms with E-state index < -0.39 is 0 Å². The van der Waals surface area contributed by atoms with E-state index in [4.69, 9.17) is 5.73 Å². The standard InChI is InChI=1S/C9H14N2S/c1-5(2)9-11-4-8(12-9)6-3-7(6)10/h4-7H,3,10H2,1-2H3. The number of nitrogens with zero attached hydrogens (tertiary/aromatic N) is 1. The summed E-state index contributed by atoms with van der Waals surface area (Å²) in [4.78, 5) is 5.76. The zero-order valence-electron chi connectivity index (χ0n) is 7.45. The number of nitrogens with two attached hydrogens (primary N) is 1. The highest BCUT2D eigenvalue weighted by atomic mass is 32.1. The fraction of sp³-hybridized carbons (Fsp3) is 0.667. The maximum atomic E-state index is 5.76. The number of aromatic nitrogens is 1. The lowest BCUT2D eigenvalue weighted by molar-refractivity contribution is 0.852. The average molecular weight is 182 g/mol. The van der Waals surface area contributed by atoms with Crippen molar-refractivity contribution in [1.29, 1.82) is 0 Å². The summed E-state index contributed by atoms with van der Waals surface area (Å²) in [7, 11) is 0. The van der Waals surface area contributed by atoms with Gasteiger partial charge in [-0.25, -0.2) is 4.98 Å². The molecule has 2 atom stereocenters. The molecule has 0 aromatic carbocycles. The van der Waals surface area contributed by atoms with Crippen molar-refractivity contribution in [3.05, 3.63) is 16.1 Å². The molecular formula is C9H14N2S. The van der Waals surface area contributed by atoms with E-state index in [0.29, 0.717) is 17.9 Å². The van der Waals surface area contributed by atoms with Crippen LogP contribution in [0.25, 0.3) is 0 Å². The van der Waals surface area contributed by atoms with Crippen LogP contribution in [0.4, 0.5) is 0 Å². The van der Waals surface area contributed by atoms with Crippen molar-refractivity contribution in [3.63, 3.8) is 0 Å². The van der Waals surface area contributed by atoms with Gasteiger partial charge in [0.15, 0.2) is 0 Å². The average Bonchev–Trinajstić information content (AvgIpc) is 2.59. The second-order valence-electron chi connectivity index (χ2n) is 3.76. The summed E-state index contributed by atoms with van der Waals surface area (Å²) < 4.78 is 0. The van der Waals surface area contributed by atoms with Gasteiger partial charge in [-0.05, 0) is 6.42 Å². The first-order chi connectivity index (χ1) is 5.68. The van der Waals surface area contributed by atoms with E-state index >= 15 is 0 Å². The van der Waals surface area contributed by atoms with Gasteiger partial charge in [0.05, 0.1) is 5.01 Å². The lowest BCUT2D eigenvalue weighted by Gasteiger charge is -1.95. The fourth-order valence-electron chi connectivity index (χ4n) is 1.28. The Hall–Kier alpha value is -0.410. The minimum atomic E-state index is 0.408. The Balaban J connectivity index is 2.14. The molecule has 1 heterocycles. The molecule has 1 aliphatic carbocycles. The maximum absolute atomic E-state index is 5.76. The largest absolute Gasteiger partial charge is 0.327 e. The third-order valence-corrected chi connectivity index (χ3v) is 3.67. The molecule has 2 N–H and O–H groups in total. The highest BCUT2D eigenvalue weighted by molar-refractivity contribution is 7.11. The predicted octanol–water partition coefficient (Wildman–Crippen LogP) is 2.08. The van der Waals surface area contributed by atoms with Crippen LogP contribution in [-0.2, 0) is 0 Å². The van der Waals surface area contributed by atoms with Crippen LogP contribution >= 0.6 is 11.3 Å². The summed E-state index contributed by atoms with van der Waals surface area (Å²) in [5.74, 6) is 1.17. The molecule has 12 heavy (non-hydrogen) atoms. The highest BCUT2D eigenvalue weighted by Crippen LogP contribution is 2.42. The van der Waals surface area contributed by atoms with Crippen molar-refractivity contribution < 1.29 is 0 Å². The molecule has 1 saturated carbocycles. The predicted molar refractivity (Wildman–Crippen MR) is 51.5 cm³/mol. The monoisotopic (exact) mass is 182 g/mol. The topological polar surface area (TPSA) is 38.9 Å². The first kappa shape index (κ1) is 8.20. The van der Waals surface area contributed by atoms with Crippen molar-refractivity contribution in [1.82, 2.24) is 4.98 Å². The van der Waals surface area contributed by atoms with Crippen LogP contribution in [0.5, 0.6) is 0 Å². The van der Waals surface area contributed by atoms with E-state index in [1.54, 1.807) is 0 Å². The minimum absolute atomic E-state index is 0.408. The molecule has 0 saturated heterocycles. The Morgan fingerprint density at radius 3 is 2.75 bits per heavy atom. The van der Waals surface area contributed by atoms with Crippen molar-refractivity contribution in [2.75, 3.05) is 0 Å². The second-order valence-corrected chi connectivity index (χ2v) is 4.86. The molecule has 0 bridgehead atoms. The van der Waals surface area contributed by atoms with Gasteiger partial charge in [0.25, 0.3) is 0 Å². The summed E-state index contributed by atoms with van der Waals surface area (Å²) in [6, 6.07) is 0.408. The third-order valence-electron chi connectivity index (χ3n) is 2.24. The van der Waals surface area contributed by atoms with Gasteiger partial charge >= 0.3 is 0 Å². The molecule has 0 radical (unpaired) electrons. The Labute approximate surface area is 76.8 Å². The van der Waals surface area contributed by atoms with Crippen LogP contribution < -0.4 is 5.73 Å². The van der Waals surface area contributed by atoms with Crippen LogP contribution in [0.3, 0.4) is 0 Å². The zero-order valence-corrected chi connectivity index (χ0v) is 8.27. The van der Waals surface area contributed by atoms with Gasteiger partial charge in [0.1, 0.15) is 0 Å². The molecule has 0 aliphatic heterocycles. The molecule has 3 heteroatoms. The van der Waals surface area contributed by atoms with Crippen LogP contribution in [0, 0.1) is 0 Å². The Bertz CT molecular complexity index is 280. The van der Waals surface area contributed by atoms with E-state index in [1.807, 2.05) is 17.5 Å². The Morgan fingerprint density at radius 2 is 2.33 bits per heavy atom. The van der Waals surface area contributed by atoms with Gasteiger partial charge in [-0.15, -0.1) is 11.3 Å². The molecule has 1 fully saturated rings. The van der Waals surface area contributed by atoms with Crippen molar-refractivity contribution in [3.8, 4) is 0 Å². The van der Waals surface area contributed by atoms with E-state index in [2.05, 4.69) is 18.8 Å². The lowest BCUT2D eigenvalue weighted by Crippen LogP contribution is -1.99. The van der Waals surface area contributed by atoms with Crippen LogP contribution in [-0.4, -0.2) is 11.0 Å². The summed E-state index contributed by atoms with van der Waals surface area (Å²) in [6.45, 7) is 4.35. The smallest absolute Gasteiger partial charge is 0.0953 e. The van der Waals surface area contributed by atoms with Crippen molar-refractivity contribution in [2.45, 2.75) is 38.1 Å². The van der Waals surface area contributed by atoms with E-state index in [0.717, 1.165) is 6.42 Å². The summed E-state index contributed by atoms with van der Waals surface area (Å²) in [5.41, 5.74) is 5.76. The summed E-state index contributed by atoms with van der Waals surface area (Å²) in [5, 5.41) is 1.24. The Morgan fingerprint density at radius 1 is 1.67 bits per heavy atom. The number of hydrogen-bond acceptors (Lipinski definition) is 3. The number of rotatable bonds is 2. The van der Waals surface area contributed by atoms with E-state index in [-0.39, 0.29) is 0 Å². The SMILES string of the molecule is CC(C)c1ncc(C2CC2N)s1.